The highest BCUT2D eigenvalue weighted by molar-refractivity contribution is 9.10. The first kappa shape index (κ1) is 13.1. The van der Waals surface area contributed by atoms with E-state index in [-0.39, 0.29) is 11.9 Å². The third-order valence-electron chi connectivity index (χ3n) is 2.83. The van der Waals surface area contributed by atoms with Crippen LogP contribution in [0.25, 0.3) is 0 Å². The van der Waals surface area contributed by atoms with Gasteiger partial charge in [-0.05, 0) is 29.8 Å². The molecule has 1 aromatic rings. The topological polar surface area (TPSA) is 70.2 Å². The molecule has 0 aliphatic carbocycles. The van der Waals surface area contributed by atoms with Crippen LogP contribution in [0.5, 0.6) is 0 Å². The van der Waals surface area contributed by atoms with E-state index in [1.807, 2.05) is 18.7 Å². The van der Waals surface area contributed by atoms with Crippen LogP contribution in [0.2, 0.25) is 0 Å². The third kappa shape index (κ3) is 2.55. The lowest BCUT2D eigenvalue weighted by molar-refractivity contribution is -0.122. The Morgan fingerprint density at radius 3 is 3.17 bits per heavy atom. The molecular formula is C11H16BrN5O. The van der Waals surface area contributed by atoms with E-state index in [9.17, 15) is 4.79 Å². The maximum absolute atomic E-state index is 11.7. The van der Waals surface area contributed by atoms with Gasteiger partial charge in [0.2, 0.25) is 11.9 Å². The Bertz CT molecular complexity index is 453. The molecule has 98 valence electrons. The van der Waals surface area contributed by atoms with Crippen LogP contribution < -0.4 is 15.5 Å². The van der Waals surface area contributed by atoms with Crippen LogP contribution in [0, 0.1) is 0 Å². The fraction of sp³-hybridized carbons (Fsp3) is 0.545. The normalized spacial score (nSPS) is 19.6. The van der Waals surface area contributed by atoms with Gasteiger partial charge in [-0.25, -0.2) is 4.98 Å². The molecule has 1 fully saturated rings. The number of anilines is 2. The van der Waals surface area contributed by atoms with Crippen LogP contribution in [-0.4, -0.2) is 41.6 Å². The molecule has 0 radical (unpaired) electrons. The molecule has 1 saturated heterocycles. The molecule has 1 amide bonds. The van der Waals surface area contributed by atoms with Gasteiger partial charge in [-0.15, -0.1) is 0 Å². The number of hydrogen-bond acceptors (Lipinski definition) is 5. The Morgan fingerprint density at radius 1 is 1.67 bits per heavy atom. The summed E-state index contributed by atoms with van der Waals surface area (Å²) in [6, 6.07) is -0.223. The van der Waals surface area contributed by atoms with Gasteiger partial charge in [0.25, 0.3) is 0 Å². The summed E-state index contributed by atoms with van der Waals surface area (Å²) in [6.45, 7) is 6.00. The van der Waals surface area contributed by atoms with Gasteiger partial charge in [-0.1, -0.05) is 0 Å². The maximum atomic E-state index is 11.7. The van der Waals surface area contributed by atoms with Crippen molar-refractivity contribution >= 4 is 33.6 Å². The molecule has 0 saturated carbocycles. The number of piperazine rings is 1. The van der Waals surface area contributed by atoms with E-state index in [1.165, 1.54) is 0 Å². The molecule has 1 aromatic heterocycles. The molecular weight excluding hydrogens is 298 g/mol. The third-order valence-corrected chi connectivity index (χ3v) is 3.39. The van der Waals surface area contributed by atoms with Crippen LogP contribution in [0.1, 0.15) is 13.8 Å². The lowest BCUT2D eigenvalue weighted by atomic mass is 10.2. The summed E-state index contributed by atoms with van der Waals surface area (Å²) in [7, 11) is 0. The zero-order valence-corrected chi connectivity index (χ0v) is 12.0. The largest absolute Gasteiger partial charge is 0.354 e. The van der Waals surface area contributed by atoms with Gasteiger partial charge in [0.05, 0.1) is 4.47 Å². The van der Waals surface area contributed by atoms with Crippen molar-refractivity contribution in [1.29, 1.82) is 0 Å². The smallest absolute Gasteiger partial charge is 0.242 e. The van der Waals surface area contributed by atoms with E-state index < -0.39 is 0 Å². The molecule has 2 N–H and O–H groups in total. The molecule has 18 heavy (non-hydrogen) atoms. The monoisotopic (exact) mass is 313 g/mol. The first-order chi connectivity index (χ1) is 8.63. The fourth-order valence-corrected chi connectivity index (χ4v) is 2.29. The summed E-state index contributed by atoms with van der Waals surface area (Å²) < 4.78 is 0.797. The quantitative estimate of drug-likeness (QED) is 0.871. The Hall–Kier alpha value is -1.37. The van der Waals surface area contributed by atoms with Gasteiger partial charge in [-0.3, -0.25) is 4.79 Å². The lowest BCUT2D eigenvalue weighted by Crippen LogP contribution is -2.54. The van der Waals surface area contributed by atoms with Gasteiger partial charge >= 0.3 is 0 Å². The van der Waals surface area contributed by atoms with Crippen LogP contribution >= 0.6 is 15.9 Å². The molecule has 0 bridgehead atoms. The number of carbonyl (C=O) groups is 1. The number of hydrogen-bond donors (Lipinski definition) is 2. The van der Waals surface area contributed by atoms with Gasteiger partial charge in [0.15, 0.2) is 0 Å². The van der Waals surface area contributed by atoms with E-state index in [4.69, 9.17) is 0 Å². The van der Waals surface area contributed by atoms with Crippen LogP contribution in [0.15, 0.2) is 10.7 Å². The van der Waals surface area contributed by atoms with Crippen molar-refractivity contribution in [3.63, 3.8) is 0 Å². The van der Waals surface area contributed by atoms with Gasteiger partial charge in [-0.2, -0.15) is 4.98 Å². The summed E-state index contributed by atoms with van der Waals surface area (Å²) in [6.07, 6.45) is 1.71. The Labute approximate surface area is 114 Å². The van der Waals surface area contributed by atoms with Crippen molar-refractivity contribution in [2.45, 2.75) is 19.9 Å². The van der Waals surface area contributed by atoms with Gasteiger partial charge in [0.1, 0.15) is 11.9 Å². The highest BCUT2D eigenvalue weighted by Crippen LogP contribution is 2.26. The molecule has 0 spiro atoms. The van der Waals surface area contributed by atoms with Crippen molar-refractivity contribution in [3.8, 4) is 0 Å². The lowest BCUT2D eigenvalue weighted by Gasteiger charge is -2.34. The van der Waals surface area contributed by atoms with Crippen molar-refractivity contribution in [3.05, 3.63) is 10.7 Å². The number of amides is 1. The van der Waals surface area contributed by atoms with Gasteiger partial charge < -0.3 is 15.5 Å². The number of nitrogens with one attached hydrogen (secondary N) is 2. The highest BCUT2D eigenvalue weighted by Gasteiger charge is 2.28. The number of carbonyl (C=O) groups excluding carboxylic acids is 1. The molecule has 2 rings (SSSR count). The Morgan fingerprint density at radius 2 is 2.44 bits per heavy atom. The SMILES string of the molecule is CCNc1ncc(Br)c(N2CCNC(=O)C2C)n1. The van der Waals surface area contributed by atoms with Gasteiger partial charge in [0, 0.05) is 25.8 Å². The van der Waals surface area contributed by atoms with E-state index in [0.29, 0.717) is 12.5 Å². The predicted octanol–water partition coefficient (Wildman–Crippen LogP) is 0.996. The molecule has 1 aliphatic heterocycles. The number of nitrogens with zero attached hydrogens (tertiary/aromatic N) is 3. The summed E-state index contributed by atoms with van der Waals surface area (Å²) in [5.74, 6) is 1.36. The standard InChI is InChI=1S/C11H16BrN5O/c1-3-13-11-15-6-8(12)9(16-11)17-5-4-14-10(18)7(17)2/h6-7H,3-5H2,1-2H3,(H,14,18)(H,13,15,16). The summed E-state index contributed by atoms with van der Waals surface area (Å²) in [5, 5.41) is 5.91. The molecule has 2 heterocycles. The summed E-state index contributed by atoms with van der Waals surface area (Å²) in [5.41, 5.74) is 0. The maximum Gasteiger partial charge on any atom is 0.242 e. The van der Waals surface area contributed by atoms with Crippen molar-refractivity contribution in [2.24, 2.45) is 0 Å². The zero-order valence-electron chi connectivity index (χ0n) is 10.4. The fourth-order valence-electron chi connectivity index (χ4n) is 1.87. The predicted molar refractivity (Wildman–Crippen MR) is 73.7 cm³/mol. The van der Waals surface area contributed by atoms with E-state index in [1.54, 1.807) is 6.20 Å². The molecule has 1 atom stereocenters. The molecule has 1 aliphatic rings. The first-order valence-electron chi connectivity index (χ1n) is 5.94. The molecule has 6 nitrogen and oxygen atoms in total. The second kappa shape index (κ2) is 5.51. The average Bonchev–Trinajstić information content (AvgIpc) is 2.36. The minimum Gasteiger partial charge on any atom is -0.354 e. The summed E-state index contributed by atoms with van der Waals surface area (Å²) in [4.78, 5) is 22.3. The van der Waals surface area contributed by atoms with Crippen molar-refractivity contribution < 1.29 is 4.79 Å². The van der Waals surface area contributed by atoms with Crippen molar-refractivity contribution in [1.82, 2.24) is 15.3 Å². The summed E-state index contributed by atoms with van der Waals surface area (Å²) >= 11 is 3.44. The van der Waals surface area contributed by atoms with Crippen LogP contribution in [0.3, 0.4) is 0 Å². The molecule has 7 heteroatoms. The van der Waals surface area contributed by atoms with E-state index in [2.05, 4.69) is 36.5 Å². The second-order valence-corrected chi connectivity index (χ2v) is 4.91. The Kier molecular flexibility index (Phi) is 4.00. The van der Waals surface area contributed by atoms with Crippen molar-refractivity contribution in [2.75, 3.05) is 29.9 Å². The Balaban J connectivity index is 2.30. The minimum absolute atomic E-state index is 0.0248. The number of rotatable bonds is 3. The second-order valence-electron chi connectivity index (χ2n) is 4.06. The average molecular weight is 314 g/mol. The minimum atomic E-state index is -0.223. The zero-order chi connectivity index (χ0) is 13.1. The van der Waals surface area contributed by atoms with Crippen LogP contribution in [0.4, 0.5) is 11.8 Å². The van der Waals surface area contributed by atoms with Crippen LogP contribution in [-0.2, 0) is 4.79 Å². The first-order valence-corrected chi connectivity index (χ1v) is 6.73. The molecule has 0 aromatic carbocycles. The highest BCUT2D eigenvalue weighted by atomic mass is 79.9. The van der Waals surface area contributed by atoms with E-state index >= 15 is 0 Å². The van der Waals surface area contributed by atoms with E-state index in [0.717, 1.165) is 23.4 Å². The number of aromatic nitrogens is 2. The molecule has 1 unspecified atom stereocenters. The number of halogens is 1.